The maximum Gasteiger partial charge on any atom is 0.336 e. The Morgan fingerprint density at radius 2 is 1.86 bits per heavy atom. The summed E-state index contributed by atoms with van der Waals surface area (Å²) in [7, 11) is 1.74. The molecule has 2 atom stereocenters. The Hall–Kier alpha value is -3.71. The van der Waals surface area contributed by atoms with Gasteiger partial charge in [-0.25, -0.2) is 4.79 Å². The van der Waals surface area contributed by atoms with Crippen LogP contribution in [0.3, 0.4) is 0 Å². The zero-order valence-electron chi connectivity index (χ0n) is 20.7. The molecule has 0 amide bonds. The summed E-state index contributed by atoms with van der Waals surface area (Å²) in [6.07, 6.45) is 1.90. The molecule has 1 saturated heterocycles. The van der Waals surface area contributed by atoms with Gasteiger partial charge in [0.2, 0.25) is 0 Å². The van der Waals surface area contributed by atoms with Gasteiger partial charge in [0, 0.05) is 25.7 Å². The monoisotopic (exact) mass is 498 g/mol. The number of aliphatic hydroxyl groups excluding tert-OH is 1. The molecule has 0 aromatic heterocycles. The van der Waals surface area contributed by atoms with Crippen LogP contribution in [0.1, 0.15) is 46.0 Å². The lowest BCUT2D eigenvalue weighted by atomic mass is 9.89. The van der Waals surface area contributed by atoms with Crippen molar-refractivity contribution in [2.75, 3.05) is 13.7 Å². The van der Waals surface area contributed by atoms with Crippen LogP contribution >= 0.6 is 0 Å². The van der Waals surface area contributed by atoms with Crippen molar-refractivity contribution in [2.45, 2.75) is 38.3 Å². The first-order chi connectivity index (χ1) is 18.1. The van der Waals surface area contributed by atoms with Gasteiger partial charge in [0.1, 0.15) is 12.4 Å². The van der Waals surface area contributed by atoms with E-state index in [2.05, 4.69) is 0 Å². The highest BCUT2D eigenvalue weighted by atomic mass is 16.5. The molecule has 1 fully saturated rings. The minimum absolute atomic E-state index is 0.0190. The van der Waals surface area contributed by atoms with Crippen molar-refractivity contribution in [3.05, 3.63) is 101 Å². The van der Waals surface area contributed by atoms with Crippen LogP contribution in [0.5, 0.6) is 5.75 Å². The molecule has 6 nitrogen and oxygen atoms in total. The number of ether oxygens (including phenoxy) is 3. The molecule has 4 aromatic rings. The van der Waals surface area contributed by atoms with Gasteiger partial charge in [-0.3, -0.25) is 0 Å². The van der Waals surface area contributed by atoms with Crippen LogP contribution in [0.25, 0.3) is 21.9 Å². The van der Waals surface area contributed by atoms with E-state index in [1.807, 2.05) is 72.8 Å². The van der Waals surface area contributed by atoms with E-state index < -0.39 is 5.97 Å². The lowest BCUT2D eigenvalue weighted by molar-refractivity contribution is -0.0599. The molecule has 190 valence electrons. The van der Waals surface area contributed by atoms with Crippen molar-refractivity contribution < 1.29 is 29.2 Å². The second-order valence-electron chi connectivity index (χ2n) is 9.27. The molecule has 2 N–H and O–H groups in total. The summed E-state index contributed by atoms with van der Waals surface area (Å²) >= 11 is 0. The number of hydrogen-bond acceptors (Lipinski definition) is 5. The summed E-state index contributed by atoms with van der Waals surface area (Å²) in [5.74, 6) is -0.324. The fourth-order valence-electron chi connectivity index (χ4n) is 5.06. The Bertz CT molecular complexity index is 1400. The fraction of sp³-hybridized carbons (Fsp3) is 0.258. The number of aliphatic hydroxyl groups is 1. The minimum atomic E-state index is -1.07. The molecule has 2 unspecified atom stereocenters. The summed E-state index contributed by atoms with van der Waals surface area (Å²) in [6.45, 7) is 0.641. The van der Waals surface area contributed by atoms with Gasteiger partial charge < -0.3 is 24.4 Å². The second-order valence-corrected chi connectivity index (χ2v) is 9.27. The molecule has 5 rings (SSSR count). The summed E-state index contributed by atoms with van der Waals surface area (Å²) in [6, 6.07) is 25.0. The van der Waals surface area contributed by atoms with Gasteiger partial charge in [-0.05, 0) is 63.7 Å². The Labute approximate surface area is 216 Å². The van der Waals surface area contributed by atoms with Crippen LogP contribution in [0.4, 0.5) is 0 Å². The van der Waals surface area contributed by atoms with E-state index in [4.69, 9.17) is 14.2 Å². The molecule has 6 heteroatoms. The number of carboxylic acid groups (broad SMARTS) is 1. The smallest absolute Gasteiger partial charge is 0.336 e. The quantitative estimate of drug-likeness (QED) is 0.303. The number of hydrogen-bond donors (Lipinski definition) is 2. The number of methoxy groups -OCH3 is 1. The highest BCUT2D eigenvalue weighted by molar-refractivity contribution is 6.05. The number of rotatable bonds is 8. The van der Waals surface area contributed by atoms with E-state index >= 15 is 0 Å². The lowest BCUT2D eigenvalue weighted by Gasteiger charge is -2.29. The van der Waals surface area contributed by atoms with Crippen molar-refractivity contribution in [2.24, 2.45) is 0 Å². The highest BCUT2D eigenvalue weighted by Crippen LogP contribution is 2.36. The summed E-state index contributed by atoms with van der Waals surface area (Å²) in [5.41, 5.74) is 4.08. The van der Waals surface area contributed by atoms with Crippen LogP contribution in [0.15, 0.2) is 78.9 Å². The third-order valence-corrected chi connectivity index (χ3v) is 6.97. The zero-order valence-corrected chi connectivity index (χ0v) is 20.7. The first kappa shape index (κ1) is 25.0. The molecule has 4 aromatic carbocycles. The highest BCUT2D eigenvalue weighted by Gasteiger charge is 2.24. The van der Waals surface area contributed by atoms with Crippen molar-refractivity contribution in [1.29, 1.82) is 0 Å². The Kier molecular flexibility index (Phi) is 7.51. The van der Waals surface area contributed by atoms with E-state index in [1.165, 1.54) is 0 Å². The van der Waals surface area contributed by atoms with Crippen LogP contribution in [0.2, 0.25) is 0 Å². The van der Waals surface area contributed by atoms with Gasteiger partial charge in [0.05, 0.1) is 24.4 Å². The molecule has 37 heavy (non-hydrogen) atoms. The number of carboxylic acids is 1. The maximum absolute atomic E-state index is 12.1. The van der Waals surface area contributed by atoms with E-state index in [-0.39, 0.29) is 24.4 Å². The molecule has 0 aliphatic carbocycles. The SMILES string of the molecule is COC1CCOC(c2cccc(OCc3ccc4c(-c5ccccc5)c(CO)c(C(=O)O)cc4c3)c2)C1. The molecule has 0 spiro atoms. The average molecular weight is 499 g/mol. The van der Waals surface area contributed by atoms with Crippen LogP contribution < -0.4 is 4.74 Å². The number of aromatic carboxylic acids is 1. The summed E-state index contributed by atoms with van der Waals surface area (Å²) in [4.78, 5) is 12.1. The van der Waals surface area contributed by atoms with Gasteiger partial charge in [-0.2, -0.15) is 0 Å². The largest absolute Gasteiger partial charge is 0.489 e. The molecule has 0 radical (unpaired) electrons. The molecule has 0 bridgehead atoms. The predicted molar refractivity (Wildman–Crippen MR) is 142 cm³/mol. The van der Waals surface area contributed by atoms with E-state index in [0.717, 1.165) is 51.6 Å². The first-order valence-electron chi connectivity index (χ1n) is 12.4. The van der Waals surface area contributed by atoms with Crippen LogP contribution in [-0.2, 0) is 22.7 Å². The van der Waals surface area contributed by atoms with Crippen molar-refractivity contribution in [3.63, 3.8) is 0 Å². The van der Waals surface area contributed by atoms with E-state index in [9.17, 15) is 15.0 Å². The van der Waals surface area contributed by atoms with Gasteiger partial charge in [-0.15, -0.1) is 0 Å². The summed E-state index contributed by atoms with van der Waals surface area (Å²) < 4.78 is 17.6. The third-order valence-electron chi connectivity index (χ3n) is 6.97. The fourth-order valence-corrected chi connectivity index (χ4v) is 5.06. The topological polar surface area (TPSA) is 85.2 Å². The zero-order chi connectivity index (χ0) is 25.8. The molecule has 0 saturated carbocycles. The van der Waals surface area contributed by atoms with Crippen molar-refractivity contribution in [1.82, 2.24) is 0 Å². The molecule has 1 heterocycles. The van der Waals surface area contributed by atoms with Gasteiger partial charge in [-0.1, -0.05) is 54.6 Å². The average Bonchev–Trinajstić information content (AvgIpc) is 2.95. The predicted octanol–water partition coefficient (Wildman–Crippen LogP) is 6.14. The number of carbonyl (C=O) groups is 1. The standard InChI is InChI=1S/C31H30O6/c1-35-24-12-13-36-29(17-24)22-8-5-9-25(15-22)37-19-20-10-11-26-23(14-20)16-27(31(33)34)28(18-32)30(26)21-6-3-2-4-7-21/h2-11,14-16,24,29,32H,12-13,17-19H2,1H3,(H,33,34). The normalized spacial score (nSPS) is 17.6. The van der Waals surface area contributed by atoms with Gasteiger partial charge >= 0.3 is 5.97 Å². The second kappa shape index (κ2) is 11.1. The maximum atomic E-state index is 12.1. The number of fused-ring (bicyclic) bond motifs is 1. The van der Waals surface area contributed by atoms with E-state index in [0.29, 0.717) is 18.8 Å². The Morgan fingerprint density at radius 1 is 1.03 bits per heavy atom. The Balaban J connectivity index is 1.43. The number of benzene rings is 4. The molecular formula is C31H30O6. The van der Waals surface area contributed by atoms with Gasteiger partial charge in [0.25, 0.3) is 0 Å². The molecular weight excluding hydrogens is 468 g/mol. The molecule has 1 aliphatic heterocycles. The molecule has 1 aliphatic rings. The minimum Gasteiger partial charge on any atom is -0.489 e. The van der Waals surface area contributed by atoms with E-state index in [1.54, 1.807) is 13.2 Å². The van der Waals surface area contributed by atoms with Crippen LogP contribution in [0, 0.1) is 0 Å². The van der Waals surface area contributed by atoms with Crippen LogP contribution in [-0.4, -0.2) is 36.0 Å². The van der Waals surface area contributed by atoms with Crippen molar-refractivity contribution in [3.8, 4) is 16.9 Å². The first-order valence-corrected chi connectivity index (χ1v) is 12.4. The summed E-state index contributed by atoms with van der Waals surface area (Å²) in [5, 5.41) is 21.6. The third kappa shape index (κ3) is 5.37. The van der Waals surface area contributed by atoms with Crippen molar-refractivity contribution >= 4 is 16.7 Å². The Morgan fingerprint density at radius 3 is 2.62 bits per heavy atom. The van der Waals surface area contributed by atoms with Gasteiger partial charge in [0.15, 0.2) is 0 Å². The lowest BCUT2D eigenvalue weighted by Crippen LogP contribution is -2.25.